The van der Waals surface area contributed by atoms with Crippen molar-refractivity contribution in [1.82, 2.24) is 9.80 Å². The summed E-state index contributed by atoms with van der Waals surface area (Å²) in [6, 6.07) is 5.16. The van der Waals surface area contributed by atoms with Crippen molar-refractivity contribution in [1.29, 1.82) is 0 Å². The van der Waals surface area contributed by atoms with Crippen LogP contribution in [0, 0.1) is 13.8 Å². The van der Waals surface area contributed by atoms with Gasteiger partial charge in [0.1, 0.15) is 5.58 Å². The number of piperazine rings is 1. The Hall–Kier alpha value is -2.18. The summed E-state index contributed by atoms with van der Waals surface area (Å²) < 4.78 is 5.24. The summed E-state index contributed by atoms with van der Waals surface area (Å²) in [6.45, 7) is 11.3. The van der Waals surface area contributed by atoms with E-state index in [9.17, 15) is 9.59 Å². The minimum Gasteiger partial charge on any atom is -0.423 e. The summed E-state index contributed by atoms with van der Waals surface area (Å²) in [6.07, 6.45) is 0. The standard InChI is InChI=1S/C19H25N3O3/c1-4-21-5-7-22(8-6-21)12-18(23)20-16-11-15-13(2)10-19(24)25-17(15)9-14(16)3/h9-11H,4-8,12H2,1-3H3,(H,20,23). The predicted octanol–water partition coefficient (Wildman–Crippen LogP) is 1.99. The second-order valence-electron chi connectivity index (χ2n) is 6.67. The van der Waals surface area contributed by atoms with Crippen LogP contribution in [0.25, 0.3) is 11.0 Å². The zero-order valence-electron chi connectivity index (χ0n) is 15.1. The van der Waals surface area contributed by atoms with Crippen molar-refractivity contribution in [2.45, 2.75) is 20.8 Å². The molecular weight excluding hydrogens is 318 g/mol. The van der Waals surface area contributed by atoms with Crippen molar-refractivity contribution in [2.75, 3.05) is 44.6 Å². The monoisotopic (exact) mass is 343 g/mol. The van der Waals surface area contributed by atoms with Crippen molar-refractivity contribution >= 4 is 22.6 Å². The van der Waals surface area contributed by atoms with Gasteiger partial charge in [0.05, 0.1) is 6.54 Å². The zero-order chi connectivity index (χ0) is 18.0. The normalized spacial score (nSPS) is 16.3. The molecule has 1 N–H and O–H groups in total. The lowest BCUT2D eigenvalue weighted by Crippen LogP contribution is -2.48. The molecule has 1 aromatic heterocycles. The van der Waals surface area contributed by atoms with Crippen molar-refractivity contribution in [3.05, 3.63) is 39.7 Å². The van der Waals surface area contributed by atoms with Crippen LogP contribution < -0.4 is 10.9 Å². The number of carbonyl (C=O) groups excluding carboxylic acids is 1. The number of likely N-dealkylation sites (N-methyl/N-ethyl adjacent to an activating group) is 1. The fraction of sp³-hybridized carbons (Fsp3) is 0.474. The molecule has 2 aromatic rings. The van der Waals surface area contributed by atoms with Crippen LogP contribution in [0.2, 0.25) is 0 Å². The number of amides is 1. The molecule has 1 aliphatic rings. The Balaban J connectivity index is 1.71. The lowest BCUT2D eigenvalue weighted by atomic mass is 10.1. The van der Waals surface area contributed by atoms with Gasteiger partial charge in [-0.1, -0.05) is 6.92 Å². The van der Waals surface area contributed by atoms with Gasteiger partial charge in [-0.3, -0.25) is 9.69 Å². The number of carbonyl (C=O) groups is 1. The molecule has 0 radical (unpaired) electrons. The molecule has 6 heteroatoms. The first-order valence-electron chi connectivity index (χ1n) is 8.76. The van der Waals surface area contributed by atoms with E-state index in [1.165, 1.54) is 6.07 Å². The van der Waals surface area contributed by atoms with Gasteiger partial charge in [-0.05, 0) is 43.7 Å². The third-order valence-electron chi connectivity index (χ3n) is 4.85. The molecule has 1 saturated heterocycles. The van der Waals surface area contributed by atoms with Gasteiger partial charge in [-0.15, -0.1) is 0 Å². The van der Waals surface area contributed by atoms with Crippen LogP contribution in [-0.2, 0) is 4.79 Å². The molecule has 0 saturated carbocycles. The Bertz CT molecular complexity index is 836. The van der Waals surface area contributed by atoms with E-state index in [1.54, 1.807) is 6.07 Å². The smallest absolute Gasteiger partial charge is 0.336 e. The minimum atomic E-state index is -0.354. The van der Waals surface area contributed by atoms with Gasteiger partial charge in [0, 0.05) is 43.3 Å². The van der Waals surface area contributed by atoms with Crippen LogP contribution in [0.4, 0.5) is 5.69 Å². The van der Waals surface area contributed by atoms with Crippen LogP contribution in [-0.4, -0.2) is 55.0 Å². The maximum absolute atomic E-state index is 12.4. The Morgan fingerprint density at radius 2 is 1.76 bits per heavy atom. The number of benzene rings is 1. The van der Waals surface area contributed by atoms with Gasteiger partial charge in [-0.2, -0.15) is 0 Å². The van der Waals surface area contributed by atoms with Gasteiger partial charge in [0.2, 0.25) is 5.91 Å². The molecule has 0 unspecified atom stereocenters. The molecule has 3 rings (SSSR count). The van der Waals surface area contributed by atoms with E-state index >= 15 is 0 Å². The molecule has 1 aliphatic heterocycles. The molecule has 0 aliphatic carbocycles. The summed E-state index contributed by atoms with van der Waals surface area (Å²) in [5, 5.41) is 3.85. The number of anilines is 1. The molecule has 2 heterocycles. The summed E-state index contributed by atoms with van der Waals surface area (Å²) in [7, 11) is 0. The molecule has 1 fully saturated rings. The summed E-state index contributed by atoms with van der Waals surface area (Å²) >= 11 is 0. The highest BCUT2D eigenvalue weighted by molar-refractivity contribution is 5.96. The molecule has 6 nitrogen and oxygen atoms in total. The minimum absolute atomic E-state index is 0.0116. The average molecular weight is 343 g/mol. The Kier molecular flexibility index (Phi) is 5.20. The van der Waals surface area contributed by atoms with Gasteiger partial charge in [0.15, 0.2) is 0 Å². The van der Waals surface area contributed by atoms with Gasteiger partial charge in [0.25, 0.3) is 0 Å². The number of hydrogen-bond donors (Lipinski definition) is 1. The summed E-state index contributed by atoms with van der Waals surface area (Å²) in [4.78, 5) is 28.5. The topological polar surface area (TPSA) is 65.8 Å². The third kappa shape index (κ3) is 4.08. The van der Waals surface area contributed by atoms with E-state index in [1.807, 2.05) is 19.9 Å². The van der Waals surface area contributed by atoms with Crippen LogP contribution in [0.1, 0.15) is 18.1 Å². The highest BCUT2D eigenvalue weighted by atomic mass is 16.4. The fourth-order valence-corrected chi connectivity index (χ4v) is 3.26. The van der Waals surface area contributed by atoms with Crippen molar-refractivity contribution < 1.29 is 9.21 Å². The summed E-state index contributed by atoms with van der Waals surface area (Å²) in [5.41, 5.74) is 2.69. The van der Waals surface area contributed by atoms with Crippen molar-refractivity contribution in [2.24, 2.45) is 0 Å². The Morgan fingerprint density at radius 3 is 2.44 bits per heavy atom. The third-order valence-corrected chi connectivity index (χ3v) is 4.85. The van der Waals surface area contributed by atoms with Crippen molar-refractivity contribution in [3.63, 3.8) is 0 Å². The van der Waals surface area contributed by atoms with Crippen LogP contribution in [0.3, 0.4) is 0 Å². The molecule has 1 aromatic carbocycles. The van der Waals surface area contributed by atoms with E-state index in [-0.39, 0.29) is 11.5 Å². The average Bonchev–Trinajstić information content (AvgIpc) is 2.56. The van der Waals surface area contributed by atoms with E-state index in [0.717, 1.165) is 54.9 Å². The maximum atomic E-state index is 12.4. The second kappa shape index (κ2) is 7.37. The van der Waals surface area contributed by atoms with Gasteiger partial charge < -0.3 is 14.6 Å². The van der Waals surface area contributed by atoms with Crippen LogP contribution >= 0.6 is 0 Å². The SMILES string of the molecule is CCN1CCN(CC(=O)Nc2cc3c(C)cc(=O)oc3cc2C)CC1. The molecule has 134 valence electrons. The number of nitrogens with zero attached hydrogens (tertiary/aromatic N) is 2. The van der Waals surface area contributed by atoms with Gasteiger partial charge in [-0.25, -0.2) is 4.79 Å². The van der Waals surface area contributed by atoms with Gasteiger partial charge >= 0.3 is 5.63 Å². The number of nitrogens with one attached hydrogen (secondary N) is 1. The highest BCUT2D eigenvalue weighted by Gasteiger charge is 2.18. The van der Waals surface area contributed by atoms with Crippen LogP contribution in [0.15, 0.2) is 27.4 Å². The lowest BCUT2D eigenvalue weighted by molar-refractivity contribution is -0.117. The first-order valence-corrected chi connectivity index (χ1v) is 8.76. The first-order chi connectivity index (χ1) is 12.0. The Morgan fingerprint density at radius 1 is 1.08 bits per heavy atom. The molecule has 1 amide bonds. The van der Waals surface area contributed by atoms with E-state index in [2.05, 4.69) is 22.0 Å². The van der Waals surface area contributed by atoms with E-state index < -0.39 is 0 Å². The predicted molar refractivity (Wildman–Crippen MR) is 99.1 cm³/mol. The first kappa shape index (κ1) is 17.6. The second-order valence-corrected chi connectivity index (χ2v) is 6.67. The largest absolute Gasteiger partial charge is 0.423 e. The molecular formula is C19H25N3O3. The number of hydrogen-bond acceptors (Lipinski definition) is 5. The Labute approximate surface area is 147 Å². The number of aryl methyl sites for hydroxylation is 2. The van der Waals surface area contributed by atoms with Crippen molar-refractivity contribution in [3.8, 4) is 0 Å². The molecule has 0 atom stereocenters. The quantitative estimate of drug-likeness (QED) is 0.860. The van der Waals surface area contributed by atoms with E-state index in [0.29, 0.717) is 12.1 Å². The summed E-state index contributed by atoms with van der Waals surface area (Å²) in [5.74, 6) is -0.0116. The lowest BCUT2D eigenvalue weighted by Gasteiger charge is -2.33. The highest BCUT2D eigenvalue weighted by Crippen LogP contribution is 2.25. The van der Waals surface area contributed by atoms with Crippen LogP contribution in [0.5, 0.6) is 0 Å². The fourth-order valence-electron chi connectivity index (χ4n) is 3.26. The molecule has 25 heavy (non-hydrogen) atoms. The maximum Gasteiger partial charge on any atom is 0.336 e. The zero-order valence-corrected chi connectivity index (χ0v) is 15.1. The molecule has 0 bridgehead atoms. The molecule has 0 spiro atoms. The van der Waals surface area contributed by atoms with E-state index in [4.69, 9.17) is 4.42 Å². The number of rotatable bonds is 4. The number of fused-ring (bicyclic) bond motifs is 1.